The van der Waals surface area contributed by atoms with Crippen molar-refractivity contribution in [3.8, 4) is 0 Å². The van der Waals surface area contributed by atoms with E-state index in [1.54, 1.807) is 12.1 Å². The molecule has 0 aliphatic carbocycles. The molecule has 2 unspecified atom stereocenters. The molecule has 0 fully saturated rings. The lowest BCUT2D eigenvalue weighted by molar-refractivity contribution is -0.384. The molecule has 0 saturated heterocycles. The van der Waals surface area contributed by atoms with Gasteiger partial charge in [-0.25, -0.2) is 4.99 Å². The molecule has 1 rings (SSSR count). The standard InChI is InChI=1S/C19H31N3O2/c1-8-15(6)21(16(7)9-2)19(13(3)4)20-18-11-10-17(22(23)24)12-14(18)5/h10-13,15-16H,8-9H2,1-7H3. The van der Waals surface area contributed by atoms with Gasteiger partial charge in [-0.1, -0.05) is 27.7 Å². The molecule has 0 aromatic heterocycles. The van der Waals surface area contributed by atoms with Gasteiger partial charge in [0.15, 0.2) is 0 Å². The Labute approximate surface area is 145 Å². The largest absolute Gasteiger partial charge is 0.354 e. The molecule has 0 aliphatic heterocycles. The van der Waals surface area contributed by atoms with Crippen molar-refractivity contribution in [1.82, 2.24) is 4.90 Å². The Hall–Kier alpha value is -1.91. The fourth-order valence-corrected chi connectivity index (χ4v) is 2.77. The average molecular weight is 333 g/mol. The summed E-state index contributed by atoms with van der Waals surface area (Å²) in [5.41, 5.74) is 1.75. The maximum Gasteiger partial charge on any atom is 0.269 e. The predicted octanol–water partition coefficient (Wildman–Crippen LogP) is 5.49. The Morgan fingerprint density at radius 1 is 1.17 bits per heavy atom. The van der Waals surface area contributed by atoms with Gasteiger partial charge in [0.25, 0.3) is 5.69 Å². The third kappa shape index (κ3) is 4.79. The van der Waals surface area contributed by atoms with Crippen molar-refractivity contribution in [3.05, 3.63) is 33.9 Å². The fraction of sp³-hybridized carbons (Fsp3) is 0.632. The molecule has 0 radical (unpaired) electrons. The molecule has 5 nitrogen and oxygen atoms in total. The molecule has 2 atom stereocenters. The van der Waals surface area contributed by atoms with Gasteiger partial charge in [0.1, 0.15) is 5.84 Å². The van der Waals surface area contributed by atoms with Crippen molar-refractivity contribution in [1.29, 1.82) is 0 Å². The smallest absolute Gasteiger partial charge is 0.269 e. The van der Waals surface area contributed by atoms with Crippen LogP contribution in [0.25, 0.3) is 0 Å². The molecule has 5 heteroatoms. The minimum atomic E-state index is -0.367. The number of rotatable bonds is 7. The van der Waals surface area contributed by atoms with E-state index >= 15 is 0 Å². The topological polar surface area (TPSA) is 58.7 Å². The summed E-state index contributed by atoms with van der Waals surface area (Å²) in [5, 5.41) is 10.9. The van der Waals surface area contributed by atoms with E-state index in [1.165, 1.54) is 6.07 Å². The van der Waals surface area contributed by atoms with E-state index < -0.39 is 0 Å². The summed E-state index contributed by atoms with van der Waals surface area (Å²) in [4.78, 5) is 17.9. The first-order chi connectivity index (χ1) is 11.2. The minimum Gasteiger partial charge on any atom is -0.354 e. The highest BCUT2D eigenvalue weighted by atomic mass is 16.6. The molecule has 0 N–H and O–H groups in total. The summed E-state index contributed by atoms with van der Waals surface area (Å²) in [6.07, 6.45) is 2.10. The number of nitro groups is 1. The highest BCUT2D eigenvalue weighted by Gasteiger charge is 2.24. The van der Waals surface area contributed by atoms with E-state index in [9.17, 15) is 10.1 Å². The zero-order chi connectivity index (χ0) is 18.4. The van der Waals surface area contributed by atoms with Gasteiger partial charge in [-0.15, -0.1) is 0 Å². The highest BCUT2D eigenvalue weighted by Crippen LogP contribution is 2.26. The van der Waals surface area contributed by atoms with Crippen LogP contribution in [0.1, 0.15) is 59.9 Å². The number of benzene rings is 1. The Balaban J connectivity index is 3.37. The Morgan fingerprint density at radius 2 is 1.71 bits per heavy atom. The molecule has 0 aliphatic rings. The molecular weight excluding hydrogens is 302 g/mol. The van der Waals surface area contributed by atoms with Crippen molar-refractivity contribution < 1.29 is 4.92 Å². The molecule has 0 bridgehead atoms. The molecule has 0 spiro atoms. The lowest BCUT2D eigenvalue weighted by Crippen LogP contribution is -2.46. The maximum absolute atomic E-state index is 10.9. The summed E-state index contributed by atoms with van der Waals surface area (Å²) in [6, 6.07) is 5.68. The Morgan fingerprint density at radius 3 is 2.08 bits per heavy atom. The van der Waals surface area contributed by atoms with E-state index in [1.807, 2.05) is 6.92 Å². The monoisotopic (exact) mass is 333 g/mol. The summed E-state index contributed by atoms with van der Waals surface area (Å²) in [6.45, 7) is 15.0. The van der Waals surface area contributed by atoms with Gasteiger partial charge >= 0.3 is 0 Å². The number of hydrogen-bond acceptors (Lipinski definition) is 3. The summed E-state index contributed by atoms with van der Waals surface area (Å²) < 4.78 is 0. The van der Waals surface area contributed by atoms with Crippen LogP contribution < -0.4 is 0 Å². The number of nitro benzene ring substituents is 1. The van der Waals surface area contributed by atoms with E-state index in [-0.39, 0.29) is 16.5 Å². The summed E-state index contributed by atoms with van der Waals surface area (Å²) in [7, 11) is 0. The minimum absolute atomic E-state index is 0.109. The number of nitrogens with zero attached hydrogens (tertiary/aromatic N) is 3. The van der Waals surface area contributed by atoms with Gasteiger partial charge in [0.2, 0.25) is 0 Å². The van der Waals surface area contributed by atoms with Crippen LogP contribution in [0.5, 0.6) is 0 Å². The van der Waals surface area contributed by atoms with Crippen LogP contribution in [0.15, 0.2) is 23.2 Å². The van der Waals surface area contributed by atoms with Crippen molar-refractivity contribution in [2.24, 2.45) is 10.9 Å². The molecule has 134 valence electrons. The van der Waals surface area contributed by atoms with Crippen LogP contribution in [0.2, 0.25) is 0 Å². The second kappa shape index (κ2) is 8.81. The van der Waals surface area contributed by atoms with Gasteiger partial charge < -0.3 is 4.90 Å². The molecule has 1 aromatic carbocycles. The van der Waals surface area contributed by atoms with Gasteiger partial charge in [0, 0.05) is 30.1 Å². The van der Waals surface area contributed by atoms with Crippen LogP contribution in [-0.4, -0.2) is 27.7 Å². The zero-order valence-electron chi connectivity index (χ0n) is 16.0. The predicted molar refractivity (Wildman–Crippen MR) is 101 cm³/mol. The van der Waals surface area contributed by atoms with E-state index in [2.05, 4.69) is 46.4 Å². The summed E-state index contributed by atoms with van der Waals surface area (Å²) >= 11 is 0. The van der Waals surface area contributed by atoms with Crippen LogP contribution >= 0.6 is 0 Å². The fourth-order valence-electron chi connectivity index (χ4n) is 2.77. The third-order valence-corrected chi connectivity index (χ3v) is 4.54. The second-order valence-corrected chi connectivity index (χ2v) is 6.77. The lowest BCUT2D eigenvalue weighted by Gasteiger charge is -2.38. The SMILES string of the molecule is CCC(C)N(C(=Nc1ccc([N+](=O)[O-])cc1C)C(C)C)C(C)CC. The number of aliphatic imine (C=N–C) groups is 1. The first-order valence-corrected chi connectivity index (χ1v) is 8.84. The quantitative estimate of drug-likeness (QED) is 0.287. The van der Waals surface area contributed by atoms with Crippen molar-refractivity contribution >= 4 is 17.2 Å². The second-order valence-electron chi connectivity index (χ2n) is 6.77. The van der Waals surface area contributed by atoms with Gasteiger partial charge in [0.05, 0.1) is 10.6 Å². The normalized spacial score (nSPS) is 14.6. The lowest BCUT2D eigenvalue weighted by atomic mass is 10.0. The molecule has 0 heterocycles. The number of aryl methyl sites for hydroxylation is 1. The van der Waals surface area contributed by atoms with Crippen molar-refractivity contribution in [3.63, 3.8) is 0 Å². The molecule has 24 heavy (non-hydrogen) atoms. The van der Waals surface area contributed by atoms with E-state index in [0.29, 0.717) is 12.1 Å². The maximum atomic E-state index is 10.9. The van der Waals surface area contributed by atoms with Gasteiger partial charge in [-0.05, 0) is 45.2 Å². The average Bonchev–Trinajstić information content (AvgIpc) is 2.54. The molecular formula is C19H31N3O2. The third-order valence-electron chi connectivity index (χ3n) is 4.54. The summed E-state index contributed by atoms with van der Waals surface area (Å²) in [5.74, 6) is 1.33. The number of hydrogen-bond donors (Lipinski definition) is 0. The first-order valence-electron chi connectivity index (χ1n) is 8.84. The highest BCUT2D eigenvalue weighted by molar-refractivity contribution is 5.87. The Bertz CT molecular complexity index is 586. The molecule has 1 aromatic rings. The zero-order valence-corrected chi connectivity index (χ0v) is 16.0. The molecule has 0 saturated carbocycles. The van der Waals surface area contributed by atoms with Crippen LogP contribution in [-0.2, 0) is 0 Å². The van der Waals surface area contributed by atoms with Crippen molar-refractivity contribution in [2.75, 3.05) is 0 Å². The van der Waals surface area contributed by atoms with E-state index in [4.69, 9.17) is 4.99 Å². The van der Waals surface area contributed by atoms with Crippen LogP contribution in [0.4, 0.5) is 11.4 Å². The number of non-ortho nitro benzene ring substituents is 1. The van der Waals surface area contributed by atoms with Crippen molar-refractivity contribution in [2.45, 2.75) is 73.4 Å². The first kappa shape index (κ1) is 20.1. The van der Waals surface area contributed by atoms with Gasteiger partial charge in [-0.2, -0.15) is 0 Å². The van der Waals surface area contributed by atoms with Gasteiger partial charge in [-0.3, -0.25) is 10.1 Å². The van der Waals surface area contributed by atoms with Crippen LogP contribution in [0, 0.1) is 23.0 Å². The Kier molecular flexibility index (Phi) is 7.39. The number of amidine groups is 1. The van der Waals surface area contributed by atoms with E-state index in [0.717, 1.165) is 29.9 Å². The van der Waals surface area contributed by atoms with Crippen LogP contribution in [0.3, 0.4) is 0 Å². The molecule has 0 amide bonds.